The van der Waals surface area contributed by atoms with Crippen LogP contribution in [0.2, 0.25) is 0 Å². The molecule has 1 atom stereocenters. The number of fused-ring (bicyclic) bond motifs is 1. The summed E-state index contributed by atoms with van der Waals surface area (Å²) in [6.07, 6.45) is 1.86. The van der Waals surface area contributed by atoms with E-state index in [-0.39, 0.29) is 10.0 Å². The van der Waals surface area contributed by atoms with Crippen LogP contribution in [0, 0.1) is 0 Å². The standard InChI is InChI=1S/C18H20F3N7OS2/c19-10-18(1-2-18)26-31(29)11-7-12(27-5-3-22-4-6-27)13-8-23-15(28(13)9-11)17-25-24-16(30-17)14(20)21/h7-9,14,22,26H,1-6,10H2. The first kappa shape index (κ1) is 20.8. The highest BCUT2D eigenvalue weighted by Crippen LogP contribution is 2.37. The number of anilines is 1. The van der Waals surface area contributed by atoms with Crippen LogP contribution in [0.1, 0.15) is 24.3 Å². The number of rotatable bonds is 7. The van der Waals surface area contributed by atoms with E-state index in [4.69, 9.17) is 0 Å². The van der Waals surface area contributed by atoms with Gasteiger partial charge in [-0.05, 0) is 18.9 Å². The first-order valence-corrected chi connectivity index (χ1v) is 11.8. The molecule has 1 saturated heterocycles. The van der Waals surface area contributed by atoms with Crippen LogP contribution < -0.4 is 14.9 Å². The van der Waals surface area contributed by atoms with Crippen molar-refractivity contribution >= 4 is 33.5 Å². The van der Waals surface area contributed by atoms with Crippen LogP contribution >= 0.6 is 11.3 Å². The van der Waals surface area contributed by atoms with Crippen LogP contribution in [0.3, 0.4) is 0 Å². The molecule has 2 fully saturated rings. The minimum atomic E-state index is -2.71. The normalized spacial score (nSPS) is 19.3. The van der Waals surface area contributed by atoms with E-state index in [2.05, 4.69) is 30.1 Å². The van der Waals surface area contributed by atoms with Gasteiger partial charge in [0.15, 0.2) is 15.8 Å². The predicted octanol–water partition coefficient (Wildman–Crippen LogP) is 2.31. The topological polar surface area (TPSA) is 87.5 Å². The van der Waals surface area contributed by atoms with Crippen molar-refractivity contribution in [2.24, 2.45) is 0 Å². The van der Waals surface area contributed by atoms with E-state index >= 15 is 0 Å². The quantitative estimate of drug-likeness (QED) is 0.550. The molecule has 1 saturated carbocycles. The van der Waals surface area contributed by atoms with Crippen molar-refractivity contribution in [3.05, 3.63) is 23.5 Å². The van der Waals surface area contributed by atoms with Gasteiger partial charge in [-0.15, -0.1) is 10.2 Å². The highest BCUT2D eigenvalue weighted by molar-refractivity contribution is 7.83. The lowest BCUT2D eigenvalue weighted by molar-refractivity contribution is 0.150. The van der Waals surface area contributed by atoms with Crippen molar-refractivity contribution in [1.29, 1.82) is 0 Å². The van der Waals surface area contributed by atoms with Gasteiger partial charge in [-0.3, -0.25) is 4.40 Å². The van der Waals surface area contributed by atoms with Gasteiger partial charge >= 0.3 is 0 Å². The van der Waals surface area contributed by atoms with Gasteiger partial charge in [0.25, 0.3) is 6.43 Å². The molecule has 2 N–H and O–H groups in total. The number of nitrogens with zero attached hydrogens (tertiary/aromatic N) is 5. The summed E-state index contributed by atoms with van der Waals surface area (Å²) in [4.78, 5) is 7.02. The maximum absolute atomic E-state index is 13.3. The third kappa shape index (κ3) is 3.95. The van der Waals surface area contributed by atoms with Crippen LogP contribution in [-0.4, -0.2) is 62.2 Å². The molecule has 0 aromatic carbocycles. The average molecular weight is 472 g/mol. The van der Waals surface area contributed by atoms with Gasteiger partial charge in [-0.25, -0.2) is 27.1 Å². The molecule has 0 radical (unpaired) electrons. The molecule has 1 unspecified atom stereocenters. The fraction of sp³-hybridized carbons (Fsp3) is 0.500. The minimum absolute atomic E-state index is 0.250. The molecule has 0 amide bonds. The summed E-state index contributed by atoms with van der Waals surface area (Å²) in [5.41, 5.74) is 0.854. The molecule has 0 bridgehead atoms. The summed E-state index contributed by atoms with van der Waals surface area (Å²) < 4.78 is 57.0. The second kappa shape index (κ2) is 8.11. The molecular formula is C18H20F3N7OS2. The van der Waals surface area contributed by atoms with Gasteiger partial charge in [0.05, 0.1) is 27.8 Å². The zero-order valence-electron chi connectivity index (χ0n) is 16.4. The Morgan fingerprint density at radius 2 is 2.06 bits per heavy atom. The molecule has 3 aromatic rings. The van der Waals surface area contributed by atoms with Crippen LogP contribution in [0.4, 0.5) is 18.9 Å². The van der Waals surface area contributed by atoms with Crippen molar-refractivity contribution in [3.63, 3.8) is 0 Å². The van der Waals surface area contributed by atoms with Crippen LogP contribution in [-0.2, 0) is 11.0 Å². The Kier molecular flexibility index (Phi) is 5.44. The van der Waals surface area contributed by atoms with Gasteiger partial charge < -0.3 is 10.2 Å². The summed E-state index contributed by atoms with van der Waals surface area (Å²) >= 11 is 0.773. The first-order chi connectivity index (χ1) is 15.0. The zero-order valence-corrected chi connectivity index (χ0v) is 18.0. The number of halogens is 3. The van der Waals surface area contributed by atoms with Gasteiger partial charge in [0.1, 0.15) is 17.7 Å². The van der Waals surface area contributed by atoms with Crippen molar-refractivity contribution < 1.29 is 17.4 Å². The first-order valence-electron chi connectivity index (χ1n) is 9.84. The van der Waals surface area contributed by atoms with Gasteiger partial charge in [-0.1, -0.05) is 11.3 Å². The molecule has 8 nitrogen and oxygen atoms in total. The second-order valence-electron chi connectivity index (χ2n) is 7.67. The Labute approximate surface area is 182 Å². The summed E-state index contributed by atoms with van der Waals surface area (Å²) in [5, 5.41) is 10.6. The van der Waals surface area contributed by atoms with E-state index in [9.17, 15) is 17.4 Å². The Morgan fingerprint density at radius 3 is 2.71 bits per heavy atom. The number of hydrogen-bond donors (Lipinski definition) is 2. The fourth-order valence-electron chi connectivity index (χ4n) is 3.56. The monoisotopic (exact) mass is 471 g/mol. The molecule has 13 heteroatoms. The van der Waals surface area contributed by atoms with Crippen LogP contribution in [0.5, 0.6) is 0 Å². The number of nitrogens with one attached hydrogen (secondary N) is 2. The molecule has 1 aliphatic heterocycles. The molecule has 2 aliphatic rings. The van der Waals surface area contributed by atoms with E-state index in [0.29, 0.717) is 23.6 Å². The number of hydrogen-bond acceptors (Lipinski definition) is 7. The third-order valence-corrected chi connectivity index (χ3v) is 7.70. The number of imidazole rings is 1. The van der Waals surface area contributed by atoms with Gasteiger partial charge in [0, 0.05) is 32.4 Å². The second-order valence-corrected chi connectivity index (χ2v) is 9.89. The molecule has 1 aliphatic carbocycles. The summed E-state index contributed by atoms with van der Waals surface area (Å²) in [6.45, 7) is 2.53. The van der Waals surface area contributed by atoms with E-state index in [0.717, 1.165) is 48.7 Å². The Morgan fingerprint density at radius 1 is 1.29 bits per heavy atom. The van der Waals surface area contributed by atoms with E-state index in [1.165, 1.54) is 0 Å². The summed E-state index contributed by atoms with van der Waals surface area (Å²) in [6, 6.07) is 1.83. The van der Waals surface area contributed by atoms with E-state index < -0.39 is 29.6 Å². The minimum Gasteiger partial charge on any atom is -0.367 e. The highest BCUT2D eigenvalue weighted by Gasteiger charge is 2.44. The van der Waals surface area contributed by atoms with Crippen molar-refractivity contribution in [2.75, 3.05) is 37.8 Å². The van der Waals surface area contributed by atoms with Gasteiger partial charge in [0.2, 0.25) is 0 Å². The maximum Gasteiger partial charge on any atom is 0.291 e. The van der Waals surface area contributed by atoms with E-state index in [1.807, 2.05) is 6.07 Å². The molecule has 0 spiro atoms. The third-order valence-electron chi connectivity index (χ3n) is 5.50. The smallest absolute Gasteiger partial charge is 0.291 e. The zero-order chi connectivity index (χ0) is 21.6. The molecule has 31 heavy (non-hydrogen) atoms. The molecular weight excluding hydrogens is 451 g/mol. The number of piperazine rings is 1. The highest BCUT2D eigenvalue weighted by atomic mass is 32.2. The Bertz CT molecular complexity index is 1120. The number of pyridine rings is 1. The molecule has 5 rings (SSSR count). The van der Waals surface area contributed by atoms with Crippen molar-refractivity contribution in [1.82, 2.24) is 29.6 Å². The van der Waals surface area contributed by atoms with Gasteiger partial charge in [-0.2, -0.15) is 0 Å². The van der Waals surface area contributed by atoms with E-state index in [1.54, 1.807) is 16.8 Å². The average Bonchev–Trinajstić information content (AvgIpc) is 3.19. The lowest BCUT2D eigenvalue weighted by atomic mass is 10.2. The SMILES string of the molecule is O=S(NC1(CF)CC1)c1cc(N2CCNCC2)c2cnc(-c3nnc(C(F)F)s3)n2c1. The van der Waals surface area contributed by atoms with Crippen molar-refractivity contribution in [3.8, 4) is 10.8 Å². The van der Waals surface area contributed by atoms with Crippen LogP contribution in [0.25, 0.3) is 16.3 Å². The lowest BCUT2D eigenvalue weighted by Crippen LogP contribution is -2.43. The molecule has 166 valence electrons. The predicted molar refractivity (Wildman–Crippen MR) is 112 cm³/mol. The molecule has 4 heterocycles. The summed E-state index contributed by atoms with van der Waals surface area (Å²) in [5.74, 6) is 0.348. The summed E-state index contributed by atoms with van der Waals surface area (Å²) in [7, 11) is -1.65. The number of aromatic nitrogens is 4. The largest absolute Gasteiger partial charge is 0.367 e. The lowest BCUT2D eigenvalue weighted by Gasteiger charge is -2.30. The van der Waals surface area contributed by atoms with Crippen LogP contribution in [0.15, 0.2) is 23.4 Å². The number of alkyl halides is 3. The Balaban J connectivity index is 1.60. The Hall–Kier alpha value is -2.09. The maximum atomic E-state index is 13.3. The fourth-order valence-corrected chi connectivity index (χ4v) is 5.44. The molecule has 3 aromatic heterocycles. The van der Waals surface area contributed by atoms with Crippen molar-refractivity contribution in [2.45, 2.75) is 29.7 Å².